The second-order valence-electron chi connectivity index (χ2n) is 6.09. The quantitative estimate of drug-likeness (QED) is 0.481. The first-order valence-corrected chi connectivity index (χ1v) is 10.9. The molecular weight excluding hydrogens is 357 g/mol. The van der Waals surface area contributed by atoms with Crippen molar-refractivity contribution in [3.05, 3.63) is 47.8 Å². The SMILES string of the molecule is CCCCSCCN1C(=O)SC[C@@H]1/C=C/[C@@H](O)Cc1ccc(F)cc1. The van der Waals surface area contributed by atoms with E-state index in [-0.39, 0.29) is 17.1 Å². The average Bonchev–Trinajstić information content (AvgIpc) is 2.95. The summed E-state index contributed by atoms with van der Waals surface area (Å²) in [4.78, 5) is 13.9. The number of halogens is 1. The molecule has 3 nitrogen and oxygen atoms in total. The number of aliphatic hydroxyl groups is 1. The van der Waals surface area contributed by atoms with Crippen LogP contribution < -0.4 is 0 Å². The summed E-state index contributed by atoms with van der Waals surface area (Å²) >= 11 is 3.23. The van der Waals surface area contributed by atoms with E-state index in [0.717, 1.165) is 29.4 Å². The molecule has 0 aliphatic carbocycles. The van der Waals surface area contributed by atoms with Crippen LogP contribution in [0.25, 0.3) is 0 Å². The van der Waals surface area contributed by atoms with Gasteiger partial charge in [-0.25, -0.2) is 4.39 Å². The van der Waals surface area contributed by atoms with Crippen LogP contribution in [0.3, 0.4) is 0 Å². The predicted octanol–water partition coefficient (Wildman–Crippen LogP) is 4.36. The van der Waals surface area contributed by atoms with Crippen LogP contribution in [0.15, 0.2) is 36.4 Å². The van der Waals surface area contributed by atoms with Crippen LogP contribution >= 0.6 is 23.5 Å². The number of nitrogens with zero attached hydrogens (tertiary/aromatic N) is 1. The maximum absolute atomic E-state index is 12.9. The van der Waals surface area contributed by atoms with Crippen molar-refractivity contribution < 1.29 is 14.3 Å². The molecule has 0 radical (unpaired) electrons. The van der Waals surface area contributed by atoms with E-state index in [0.29, 0.717) is 6.42 Å². The Morgan fingerprint density at radius 3 is 2.88 bits per heavy atom. The molecule has 1 amide bonds. The molecule has 2 rings (SSSR count). The summed E-state index contributed by atoms with van der Waals surface area (Å²) in [5, 5.41) is 10.3. The number of rotatable bonds is 10. The zero-order valence-electron chi connectivity index (χ0n) is 14.6. The number of aliphatic hydroxyl groups excluding tert-OH is 1. The number of hydrogen-bond donors (Lipinski definition) is 1. The second-order valence-corrected chi connectivity index (χ2v) is 8.28. The van der Waals surface area contributed by atoms with Crippen molar-refractivity contribution in [2.24, 2.45) is 0 Å². The lowest BCUT2D eigenvalue weighted by Gasteiger charge is -2.21. The van der Waals surface area contributed by atoms with Crippen molar-refractivity contribution in [2.75, 3.05) is 23.8 Å². The van der Waals surface area contributed by atoms with Crippen LogP contribution in [-0.4, -0.2) is 51.2 Å². The first-order chi connectivity index (χ1) is 12.1. The number of carbonyl (C=O) groups is 1. The topological polar surface area (TPSA) is 40.5 Å². The van der Waals surface area contributed by atoms with E-state index in [2.05, 4.69) is 6.92 Å². The van der Waals surface area contributed by atoms with Gasteiger partial charge >= 0.3 is 0 Å². The van der Waals surface area contributed by atoms with Crippen molar-refractivity contribution in [1.29, 1.82) is 0 Å². The summed E-state index contributed by atoms with van der Waals surface area (Å²) in [6.45, 7) is 2.93. The normalized spacial score (nSPS) is 19.1. The van der Waals surface area contributed by atoms with Crippen LogP contribution in [0.2, 0.25) is 0 Å². The number of benzene rings is 1. The van der Waals surface area contributed by atoms with Crippen molar-refractivity contribution >= 4 is 28.8 Å². The van der Waals surface area contributed by atoms with Crippen molar-refractivity contribution in [3.63, 3.8) is 0 Å². The van der Waals surface area contributed by atoms with Gasteiger partial charge in [0.1, 0.15) is 5.82 Å². The number of hydrogen-bond acceptors (Lipinski definition) is 4. The van der Waals surface area contributed by atoms with Gasteiger partial charge in [-0.1, -0.05) is 49.4 Å². The van der Waals surface area contributed by atoms with Gasteiger partial charge < -0.3 is 10.0 Å². The fourth-order valence-electron chi connectivity index (χ4n) is 2.58. The summed E-state index contributed by atoms with van der Waals surface area (Å²) < 4.78 is 12.9. The first-order valence-electron chi connectivity index (χ1n) is 8.72. The molecule has 1 N–H and O–H groups in total. The van der Waals surface area contributed by atoms with E-state index in [1.807, 2.05) is 22.7 Å². The maximum Gasteiger partial charge on any atom is 0.282 e. The van der Waals surface area contributed by atoms with Gasteiger partial charge in [-0.2, -0.15) is 11.8 Å². The zero-order chi connectivity index (χ0) is 18.1. The summed E-state index contributed by atoms with van der Waals surface area (Å²) in [5.41, 5.74) is 0.889. The second kappa shape index (κ2) is 10.9. The maximum atomic E-state index is 12.9. The molecule has 6 heteroatoms. The summed E-state index contributed by atoms with van der Waals surface area (Å²) in [5.74, 6) is 2.55. The molecule has 1 aliphatic heterocycles. The molecule has 1 fully saturated rings. The first kappa shape index (κ1) is 20.3. The molecule has 138 valence electrons. The largest absolute Gasteiger partial charge is 0.389 e. The summed E-state index contributed by atoms with van der Waals surface area (Å²) in [7, 11) is 0. The van der Waals surface area contributed by atoms with E-state index in [4.69, 9.17) is 0 Å². The number of unbranched alkanes of at least 4 members (excludes halogenated alkanes) is 1. The Hall–Kier alpha value is -0.980. The third kappa shape index (κ3) is 7.04. The molecule has 0 bridgehead atoms. The van der Waals surface area contributed by atoms with E-state index in [1.165, 1.54) is 36.7 Å². The molecule has 1 aromatic rings. The summed E-state index contributed by atoms with van der Waals surface area (Å²) in [6, 6.07) is 6.21. The minimum Gasteiger partial charge on any atom is -0.389 e. The highest BCUT2D eigenvalue weighted by molar-refractivity contribution is 8.13. The van der Waals surface area contributed by atoms with Gasteiger partial charge in [0.05, 0.1) is 12.1 Å². The van der Waals surface area contributed by atoms with Gasteiger partial charge in [0.2, 0.25) is 0 Å². The molecule has 1 saturated heterocycles. The Morgan fingerprint density at radius 2 is 2.16 bits per heavy atom. The zero-order valence-corrected chi connectivity index (χ0v) is 16.2. The third-order valence-corrected chi connectivity index (χ3v) is 6.08. The fraction of sp³-hybridized carbons (Fsp3) is 0.526. The monoisotopic (exact) mass is 383 g/mol. The fourth-order valence-corrected chi connectivity index (χ4v) is 4.60. The smallest absolute Gasteiger partial charge is 0.282 e. The lowest BCUT2D eigenvalue weighted by atomic mass is 10.1. The van der Waals surface area contributed by atoms with Gasteiger partial charge in [-0.3, -0.25) is 4.79 Å². The van der Waals surface area contributed by atoms with E-state index in [1.54, 1.807) is 18.2 Å². The van der Waals surface area contributed by atoms with Gasteiger partial charge in [0, 0.05) is 24.5 Å². The lowest BCUT2D eigenvalue weighted by Crippen LogP contribution is -2.34. The average molecular weight is 384 g/mol. The minimum atomic E-state index is -0.632. The van der Waals surface area contributed by atoms with Crippen LogP contribution in [0.5, 0.6) is 0 Å². The summed E-state index contributed by atoms with van der Waals surface area (Å²) in [6.07, 6.45) is 5.91. The molecule has 1 aliphatic rings. The highest BCUT2D eigenvalue weighted by Gasteiger charge is 2.29. The highest BCUT2D eigenvalue weighted by atomic mass is 32.2. The van der Waals surface area contributed by atoms with Crippen molar-refractivity contribution in [1.82, 2.24) is 4.90 Å². The third-order valence-electron chi connectivity index (χ3n) is 4.04. The number of amides is 1. The number of carbonyl (C=O) groups excluding carboxylic acids is 1. The Balaban J connectivity index is 1.80. The van der Waals surface area contributed by atoms with Crippen LogP contribution in [0.1, 0.15) is 25.3 Å². The molecule has 25 heavy (non-hydrogen) atoms. The van der Waals surface area contributed by atoms with Crippen LogP contribution in [0.4, 0.5) is 9.18 Å². The van der Waals surface area contributed by atoms with Gasteiger partial charge in [-0.05, 0) is 29.9 Å². The molecule has 1 aromatic carbocycles. The van der Waals surface area contributed by atoms with Gasteiger partial charge in [-0.15, -0.1) is 0 Å². The molecule has 0 unspecified atom stereocenters. The highest BCUT2D eigenvalue weighted by Crippen LogP contribution is 2.25. The Kier molecular flexibility index (Phi) is 8.85. The van der Waals surface area contributed by atoms with Gasteiger partial charge in [0.25, 0.3) is 5.24 Å². The van der Waals surface area contributed by atoms with Crippen molar-refractivity contribution in [3.8, 4) is 0 Å². The van der Waals surface area contributed by atoms with Crippen LogP contribution in [0, 0.1) is 5.82 Å². The molecule has 0 saturated carbocycles. The predicted molar refractivity (Wildman–Crippen MR) is 106 cm³/mol. The minimum absolute atomic E-state index is 0.0483. The molecular formula is C19H26FNO2S2. The van der Waals surface area contributed by atoms with E-state index < -0.39 is 6.10 Å². The Labute approximate surface area is 158 Å². The Bertz CT molecular complexity index is 565. The number of thioether (sulfide) groups is 2. The molecule has 0 spiro atoms. The van der Waals surface area contributed by atoms with Crippen LogP contribution in [-0.2, 0) is 6.42 Å². The molecule has 1 heterocycles. The van der Waals surface area contributed by atoms with Gasteiger partial charge in [0.15, 0.2) is 0 Å². The van der Waals surface area contributed by atoms with E-state index >= 15 is 0 Å². The van der Waals surface area contributed by atoms with E-state index in [9.17, 15) is 14.3 Å². The Morgan fingerprint density at radius 1 is 1.40 bits per heavy atom. The lowest BCUT2D eigenvalue weighted by molar-refractivity contribution is 0.217. The molecule has 0 aromatic heterocycles. The van der Waals surface area contributed by atoms with Crippen molar-refractivity contribution in [2.45, 2.75) is 38.3 Å². The standard InChI is InChI=1S/C19H26FNO2S2/c1-2-3-11-24-12-10-21-17(14-25-19(21)23)8-9-18(22)13-15-4-6-16(20)7-5-15/h4-9,17-18,22H,2-3,10-14H2,1H3/b9-8+/t17-,18+/m0/s1. The molecule has 2 atom stereocenters.